The maximum absolute atomic E-state index is 10.8. The zero-order chi connectivity index (χ0) is 13.9. The third-order valence-corrected chi connectivity index (χ3v) is 4.52. The number of carbonyl (C=O) groups is 1. The highest BCUT2D eigenvalue weighted by molar-refractivity contribution is 7.98. The van der Waals surface area contributed by atoms with Crippen molar-refractivity contribution in [2.75, 3.05) is 0 Å². The number of hydrogen-bond acceptors (Lipinski definition) is 6. The van der Waals surface area contributed by atoms with Crippen molar-refractivity contribution < 1.29 is 9.90 Å². The second-order valence-corrected chi connectivity index (χ2v) is 5.76. The van der Waals surface area contributed by atoms with Crippen molar-refractivity contribution >= 4 is 40.0 Å². The van der Waals surface area contributed by atoms with Crippen LogP contribution in [0.2, 0.25) is 0 Å². The van der Waals surface area contributed by atoms with E-state index in [-0.39, 0.29) is 5.01 Å². The van der Waals surface area contributed by atoms with Crippen LogP contribution < -0.4 is 0 Å². The zero-order valence-electron chi connectivity index (χ0n) is 10.2. The Bertz CT molecular complexity index is 768. The lowest BCUT2D eigenvalue weighted by Gasteiger charge is -2.02. The lowest BCUT2D eigenvalue weighted by atomic mass is 10.2. The number of nitrogens with zero attached hydrogens (tertiary/aromatic N) is 3. The van der Waals surface area contributed by atoms with Gasteiger partial charge in [0.05, 0.1) is 11.2 Å². The molecule has 0 spiro atoms. The monoisotopic (exact) mass is 303 g/mol. The van der Waals surface area contributed by atoms with Crippen LogP contribution in [0.4, 0.5) is 0 Å². The predicted molar refractivity (Wildman–Crippen MR) is 78.2 cm³/mol. The Morgan fingerprint density at radius 3 is 2.95 bits per heavy atom. The van der Waals surface area contributed by atoms with Crippen LogP contribution in [0.15, 0.2) is 41.0 Å². The van der Waals surface area contributed by atoms with Gasteiger partial charge in [-0.05, 0) is 6.07 Å². The van der Waals surface area contributed by atoms with E-state index in [1.54, 1.807) is 5.38 Å². The number of benzene rings is 1. The lowest BCUT2D eigenvalue weighted by molar-refractivity contribution is 0.0696. The van der Waals surface area contributed by atoms with Crippen LogP contribution in [0, 0.1) is 0 Å². The van der Waals surface area contributed by atoms with Gasteiger partial charge in [0.25, 0.3) is 0 Å². The van der Waals surface area contributed by atoms with Crippen LogP contribution in [0.25, 0.3) is 10.9 Å². The minimum absolute atomic E-state index is 0.119. The molecule has 100 valence electrons. The summed E-state index contributed by atoms with van der Waals surface area (Å²) in [4.78, 5) is 23.3. The maximum Gasteiger partial charge on any atom is 0.365 e. The first kappa shape index (κ1) is 13.0. The number of aromatic carboxylic acids is 1. The Balaban J connectivity index is 1.81. The van der Waals surface area contributed by atoms with Crippen molar-refractivity contribution in [1.29, 1.82) is 0 Å². The summed E-state index contributed by atoms with van der Waals surface area (Å²) in [5.74, 6) is -0.399. The zero-order valence-corrected chi connectivity index (χ0v) is 11.8. The molecule has 0 aliphatic heterocycles. The van der Waals surface area contributed by atoms with Crippen molar-refractivity contribution in [3.8, 4) is 0 Å². The highest BCUT2D eigenvalue weighted by Crippen LogP contribution is 2.27. The third-order valence-electron chi connectivity index (χ3n) is 2.60. The number of thioether (sulfide) groups is 1. The molecule has 0 bridgehead atoms. The average molecular weight is 303 g/mol. The molecule has 0 saturated carbocycles. The largest absolute Gasteiger partial charge is 0.476 e. The van der Waals surface area contributed by atoms with E-state index in [2.05, 4.69) is 15.0 Å². The summed E-state index contributed by atoms with van der Waals surface area (Å²) in [5, 5.41) is 12.6. The molecule has 3 rings (SSSR count). The minimum Gasteiger partial charge on any atom is -0.476 e. The number of rotatable bonds is 4. The molecule has 2 aromatic heterocycles. The van der Waals surface area contributed by atoms with Gasteiger partial charge in [0.15, 0.2) is 0 Å². The normalized spacial score (nSPS) is 10.8. The Morgan fingerprint density at radius 1 is 1.30 bits per heavy atom. The van der Waals surface area contributed by atoms with Gasteiger partial charge < -0.3 is 5.11 Å². The van der Waals surface area contributed by atoms with E-state index < -0.39 is 5.97 Å². The molecule has 3 aromatic rings. The number of para-hydroxylation sites is 1. The van der Waals surface area contributed by atoms with E-state index in [1.807, 2.05) is 24.3 Å². The molecule has 1 aromatic carbocycles. The molecule has 0 saturated heterocycles. The topological polar surface area (TPSA) is 76.0 Å². The van der Waals surface area contributed by atoms with Crippen molar-refractivity contribution in [3.05, 3.63) is 46.7 Å². The van der Waals surface area contributed by atoms with Gasteiger partial charge in [-0.1, -0.05) is 30.0 Å². The van der Waals surface area contributed by atoms with Crippen LogP contribution in [-0.2, 0) is 5.75 Å². The Labute approximate surface area is 122 Å². The number of carboxylic acid groups (broad SMARTS) is 1. The summed E-state index contributed by atoms with van der Waals surface area (Å²) >= 11 is 2.67. The lowest BCUT2D eigenvalue weighted by Crippen LogP contribution is -1.95. The Morgan fingerprint density at radius 2 is 2.15 bits per heavy atom. The van der Waals surface area contributed by atoms with Gasteiger partial charge in [-0.15, -0.1) is 11.3 Å². The summed E-state index contributed by atoms with van der Waals surface area (Å²) in [6.45, 7) is 0. The summed E-state index contributed by atoms with van der Waals surface area (Å²) in [5.41, 5.74) is 1.65. The van der Waals surface area contributed by atoms with Gasteiger partial charge in [-0.3, -0.25) is 0 Å². The first-order chi connectivity index (χ1) is 9.74. The van der Waals surface area contributed by atoms with E-state index in [0.717, 1.165) is 33.0 Å². The molecule has 5 nitrogen and oxygen atoms in total. The number of thiazole rings is 1. The summed E-state index contributed by atoms with van der Waals surface area (Å²) in [6, 6.07) is 7.79. The molecule has 0 unspecified atom stereocenters. The fourth-order valence-electron chi connectivity index (χ4n) is 1.71. The first-order valence-corrected chi connectivity index (χ1v) is 7.61. The quantitative estimate of drug-likeness (QED) is 0.589. The highest BCUT2D eigenvalue weighted by Gasteiger charge is 2.10. The van der Waals surface area contributed by atoms with Gasteiger partial charge in [0, 0.05) is 16.5 Å². The molecule has 1 N–H and O–H groups in total. The Hall–Kier alpha value is -1.99. The van der Waals surface area contributed by atoms with Gasteiger partial charge in [-0.2, -0.15) is 0 Å². The summed E-state index contributed by atoms with van der Waals surface area (Å²) < 4.78 is 0. The van der Waals surface area contributed by atoms with E-state index in [1.165, 1.54) is 18.1 Å². The molecular formula is C13H9N3O2S2. The fourth-order valence-corrected chi connectivity index (χ4v) is 3.35. The van der Waals surface area contributed by atoms with Crippen LogP contribution in [0.1, 0.15) is 15.5 Å². The van der Waals surface area contributed by atoms with Crippen molar-refractivity contribution in [3.63, 3.8) is 0 Å². The molecule has 0 radical (unpaired) electrons. The highest BCUT2D eigenvalue weighted by atomic mass is 32.2. The SMILES string of the molecule is O=C(O)c1nc(CSc2ncnc3ccccc23)cs1. The maximum atomic E-state index is 10.8. The van der Waals surface area contributed by atoms with Crippen molar-refractivity contribution in [1.82, 2.24) is 15.0 Å². The molecule has 2 heterocycles. The molecule has 0 aliphatic carbocycles. The molecule has 0 amide bonds. The van der Waals surface area contributed by atoms with E-state index in [0.29, 0.717) is 5.75 Å². The molecule has 7 heteroatoms. The number of hydrogen-bond donors (Lipinski definition) is 1. The van der Waals surface area contributed by atoms with E-state index in [9.17, 15) is 4.79 Å². The standard InChI is InChI=1S/C13H9N3O2S2/c17-13(18)12-16-8(6-20-12)5-19-11-9-3-1-2-4-10(9)14-7-15-11/h1-4,6-7H,5H2,(H,17,18). The van der Waals surface area contributed by atoms with Gasteiger partial charge in [0.1, 0.15) is 11.4 Å². The minimum atomic E-state index is -0.987. The fraction of sp³-hybridized carbons (Fsp3) is 0.0769. The van der Waals surface area contributed by atoms with Gasteiger partial charge in [0.2, 0.25) is 5.01 Å². The predicted octanol–water partition coefficient (Wildman–Crippen LogP) is 3.08. The van der Waals surface area contributed by atoms with Gasteiger partial charge >= 0.3 is 5.97 Å². The van der Waals surface area contributed by atoms with Crippen LogP contribution >= 0.6 is 23.1 Å². The van der Waals surface area contributed by atoms with Gasteiger partial charge in [-0.25, -0.2) is 19.7 Å². The number of fused-ring (bicyclic) bond motifs is 1. The van der Waals surface area contributed by atoms with Crippen molar-refractivity contribution in [2.45, 2.75) is 10.8 Å². The van der Waals surface area contributed by atoms with Crippen LogP contribution in [-0.4, -0.2) is 26.0 Å². The summed E-state index contributed by atoms with van der Waals surface area (Å²) in [7, 11) is 0. The molecule has 20 heavy (non-hydrogen) atoms. The average Bonchev–Trinajstić information content (AvgIpc) is 2.94. The van der Waals surface area contributed by atoms with E-state index in [4.69, 9.17) is 5.11 Å². The molecular weight excluding hydrogens is 294 g/mol. The second-order valence-electron chi connectivity index (χ2n) is 3.93. The second kappa shape index (κ2) is 5.56. The number of aromatic nitrogens is 3. The third kappa shape index (κ3) is 2.63. The van der Waals surface area contributed by atoms with Crippen LogP contribution in [0.5, 0.6) is 0 Å². The van der Waals surface area contributed by atoms with E-state index >= 15 is 0 Å². The van der Waals surface area contributed by atoms with Crippen molar-refractivity contribution in [2.24, 2.45) is 0 Å². The smallest absolute Gasteiger partial charge is 0.365 e. The first-order valence-electron chi connectivity index (χ1n) is 5.74. The molecule has 0 atom stereocenters. The summed E-state index contributed by atoms with van der Waals surface area (Å²) in [6.07, 6.45) is 1.54. The molecule has 0 aliphatic rings. The molecule has 0 fully saturated rings. The Kier molecular flexibility index (Phi) is 3.62. The van der Waals surface area contributed by atoms with Crippen LogP contribution in [0.3, 0.4) is 0 Å². The number of carboxylic acids is 1.